The van der Waals surface area contributed by atoms with Gasteiger partial charge in [-0.15, -0.1) is 0 Å². The number of aryl methyl sites for hydroxylation is 1. The molecule has 0 radical (unpaired) electrons. The molecule has 17 heavy (non-hydrogen) atoms. The standard InChI is InChI=1S/C11H16F3N3/c1-2-6-15-8-9-4-7-16-10(17-9)3-5-11(12,13)14/h4,7,15H,2-3,5-6,8H2,1H3. The lowest BCUT2D eigenvalue weighted by Gasteiger charge is -2.06. The number of nitrogens with zero attached hydrogens (tertiary/aromatic N) is 2. The molecule has 1 rings (SSSR count). The Morgan fingerprint density at radius 2 is 2.12 bits per heavy atom. The number of hydrogen-bond donors (Lipinski definition) is 1. The molecule has 0 amide bonds. The maximum atomic E-state index is 12.0. The Morgan fingerprint density at radius 3 is 2.76 bits per heavy atom. The summed E-state index contributed by atoms with van der Waals surface area (Å²) in [5.41, 5.74) is 0.727. The highest BCUT2D eigenvalue weighted by Gasteiger charge is 2.27. The number of hydrogen-bond acceptors (Lipinski definition) is 3. The maximum absolute atomic E-state index is 12.0. The fourth-order valence-electron chi connectivity index (χ4n) is 1.31. The largest absolute Gasteiger partial charge is 0.389 e. The van der Waals surface area contributed by atoms with Gasteiger partial charge in [0.05, 0.1) is 12.1 Å². The Morgan fingerprint density at radius 1 is 1.35 bits per heavy atom. The van der Waals surface area contributed by atoms with E-state index in [0.29, 0.717) is 6.54 Å². The van der Waals surface area contributed by atoms with Crippen molar-refractivity contribution in [1.82, 2.24) is 15.3 Å². The van der Waals surface area contributed by atoms with Crippen molar-refractivity contribution in [2.75, 3.05) is 6.54 Å². The van der Waals surface area contributed by atoms with Gasteiger partial charge in [0, 0.05) is 19.2 Å². The van der Waals surface area contributed by atoms with E-state index in [9.17, 15) is 13.2 Å². The van der Waals surface area contributed by atoms with E-state index >= 15 is 0 Å². The molecule has 1 heterocycles. The van der Waals surface area contributed by atoms with E-state index in [1.165, 1.54) is 6.20 Å². The molecule has 1 N–H and O–H groups in total. The van der Waals surface area contributed by atoms with Crippen LogP contribution in [0.15, 0.2) is 12.3 Å². The van der Waals surface area contributed by atoms with Crippen molar-refractivity contribution in [3.05, 3.63) is 23.8 Å². The fourth-order valence-corrected chi connectivity index (χ4v) is 1.31. The Bertz CT molecular complexity index is 339. The lowest BCUT2D eigenvalue weighted by molar-refractivity contribution is -0.134. The predicted octanol–water partition coefficient (Wildman–Crippen LogP) is 2.47. The van der Waals surface area contributed by atoms with Crippen molar-refractivity contribution >= 4 is 0 Å². The van der Waals surface area contributed by atoms with E-state index in [0.717, 1.165) is 18.7 Å². The molecule has 1 aromatic heterocycles. The van der Waals surface area contributed by atoms with Gasteiger partial charge >= 0.3 is 6.18 Å². The Labute approximate surface area is 98.5 Å². The Hall–Kier alpha value is -1.17. The zero-order valence-corrected chi connectivity index (χ0v) is 9.72. The average Bonchev–Trinajstić information content (AvgIpc) is 2.27. The molecule has 0 aliphatic carbocycles. The molecule has 0 aliphatic rings. The van der Waals surface area contributed by atoms with Crippen LogP contribution in [-0.4, -0.2) is 22.7 Å². The third-order valence-corrected chi connectivity index (χ3v) is 2.13. The smallest absolute Gasteiger partial charge is 0.311 e. The second-order valence-corrected chi connectivity index (χ2v) is 3.76. The van der Waals surface area contributed by atoms with E-state index in [-0.39, 0.29) is 12.2 Å². The van der Waals surface area contributed by atoms with Gasteiger partial charge in [-0.3, -0.25) is 0 Å². The summed E-state index contributed by atoms with van der Waals surface area (Å²) >= 11 is 0. The van der Waals surface area contributed by atoms with Gasteiger partial charge in [-0.1, -0.05) is 6.92 Å². The first kappa shape index (κ1) is 13.9. The molecule has 0 bridgehead atoms. The highest BCUT2D eigenvalue weighted by Crippen LogP contribution is 2.20. The van der Waals surface area contributed by atoms with Crippen molar-refractivity contribution in [1.29, 1.82) is 0 Å². The van der Waals surface area contributed by atoms with Gasteiger partial charge in [0.25, 0.3) is 0 Å². The number of alkyl halides is 3. The lowest BCUT2D eigenvalue weighted by atomic mass is 10.3. The van der Waals surface area contributed by atoms with E-state index in [4.69, 9.17) is 0 Å². The van der Waals surface area contributed by atoms with E-state index in [2.05, 4.69) is 15.3 Å². The van der Waals surface area contributed by atoms with Crippen LogP contribution in [0.1, 0.15) is 31.3 Å². The average molecular weight is 247 g/mol. The topological polar surface area (TPSA) is 37.8 Å². The van der Waals surface area contributed by atoms with E-state index in [1.54, 1.807) is 6.07 Å². The fraction of sp³-hybridized carbons (Fsp3) is 0.636. The number of halogens is 3. The second-order valence-electron chi connectivity index (χ2n) is 3.76. The summed E-state index contributed by atoms with van der Waals surface area (Å²) in [6, 6.07) is 1.71. The Balaban J connectivity index is 2.48. The van der Waals surface area contributed by atoms with Crippen LogP contribution in [0.5, 0.6) is 0 Å². The van der Waals surface area contributed by atoms with Crippen molar-refractivity contribution < 1.29 is 13.2 Å². The summed E-state index contributed by atoms with van der Waals surface area (Å²) in [5.74, 6) is 0.248. The summed E-state index contributed by atoms with van der Waals surface area (Å²) in [4.78, 5) is 7.91. The number of rotatable bonds is 6. The van der Waals surface area contributed by atoms with Gasteiger partial charge in [0.15, 0.2) is 0 Å². The molecule has 0 unspecified atom stereocenters. The summed E-state index contributed by atoms with van der Waals surface area (Å²) in [6.45, 7) is 3.47. The quantitative estimate of drug-likeness (QED) is 0.785. The van der Waals surface area contributed by atoms with Gasteiger partial charge in [0.1, 0.15) is 5.82 Å². The van der Waals surface area contributed by atoms with Gasteiger partial charge in [-0.2, -0.15) is 13.2 Å². The summed E-state index contributed by atoms with van der Waals surface area (Å²) in [6.07, 6.45) is -2.68. The molecule has 0 spiro atoms. The number of aromatic nitrogens is 2. The molecular formula is C11H16F3N3. The zero-order chi connectivity index (χ0) is 12.7. The first-order chi connectivity index (χ1) is 8.01. The van der Waals surface area contributed by atoms with Crippen LogP contribution in [0.3, 0.4) is 0 Å². The molecule has 0 aromatic carbocycles. The first-order valence-corrected chi connectivity index (χ1v) is 5.59. The molecule has 0 saturated carbocycles. The monoisotopic (exact) mass is 247 g/mol. The molecule has 0 saturated heterocycles. The molecule has 1 aromatic rings. The van der Waals surface area contributed by atoms with Gasteiger partial charge in [-0.05, 0) is 19.0 Å². The van der Waals surface area contributed by atoms with Crippen LogP contribution in [-0.2, 0) is 13.0 Å². The minimum absolute atomic E-state index is 0.162. The summed E-state index contributed by atoms with van der Waals surface area (Å²) in [5, 5.41) is 3.14. The molecule has 6 heteroatoms. The van der Waals surface area contributed by atoms with Crippen LogP contribution in [0.4, 0.5) is 13.2 Å². The highest BCUT2D eigenvalue weighted by molar-refractivity contribution is 5.02. The molecule has 3 nitrogen and oxygen atoms in total. The third kappa shape index (κ3) is 6.21. The van der Waals surface area contributed by atoms with Crippen molar-refractivity contribution in [3.63, 3.8) is 0 Å². The molecule has 0 atom stereocenters. The van der Waals surface area contributed by atoms with Gasteiger partial charge < -0.3 is 5.32 Å². The zero-order valence-electron chi connectivity index (χ0n) is 9.72. The van der Waals surface area contributed by atoms with Crippen molar-refractivity contribution in [3.8, 4) is 0 Å². The lowest BCUT2D eigenvalue weighted by Crippen LogP contribution is -2.16. The minimum Gasteiger partial charge on any atom is -0.311 e. The molecule has 0 fully saturated rings. The normalized spacial score (nSPS) is 11.8. The van der Waals surface area contributed by atoms with Crippen LogP contribution < -0.4 is 5.32 Å². The highest BCUT2D eigenvalue weighted by atomic mass is 19.4. The van der Waals surface area contributed by atoms with Crippen LogP contribution >= 0.6 is 0 Å². The summed E-state index contributed by atoms with van der Waals surface area (Å²) in [7, 11) is 0. The minimum atomic E-state index is -4.15. The molecule has 0 aliphatic heterocycles. The van der Waals surface area contributed by atoms with Crippen LogP contribution in [0, 0.1) is 0 Å². The van der Waals surface area contributed by atoms with Crippen LogP contribution in [0.25, 0.3) is 0 Å². The van der Waals surface area contributed by atoms with Crippen LogP contribution in [0.2, 0.25) is 0 Å². The summed E-state index contributed by atoms with van der Waals surface area (Å²) < 4.78 is 36.1. The molecule has 96 valence electrons. The van der Waals surface area contributed by atoms with Crippen molar-refractivity contribution in [2.24, 2.45) is 0 Å². The predicted molar refractivity (Wildman–Crippen MR) is 58.4 cm³/mol. The SMILES string of the molecule is CCCNCc1ccnc(CCC(F)(F)F)n1. The van der Waals surface area contributed by atoms with Gasteiger partial charge in [0.2, 0.25) is 0 Å². The van der Waals surface area contributed by atoms with Crippen molar-refractivity contribution in [2.45, 2.75) is 38.9 Å². The van der Waals surface area contributed by atoms with Gasteiger partial charge in [-0.25, -0.2) is 9.97 Å². The van der Waals surface area contributed by atoms with E-state index < -0.39 is 12.6 Å². The third-order valence-electron chi connectivity index (χ3n) is 2.13. The molecular weight excluding hydrogens is 231 g/mol. The Kier molecular flexibility index (Phi) is 5.34. The number of nitrogens with one attached hydrogen (secondary N) is 1. The first-order valence-electron chi connectivity index (χ1n) is 5.59. The maximum Gasteiger partial charge on any atom is 0.389 e. The second kappa shape index (κ2) is 6.54. The van der Waals surface area contributed by atoms with E-state index in [1.807, 2.05) is 6.92 Å².